The molecule has 0 aliphatic carbocycles. The van der Waals surface area contributed by atoms with Crippen molar-refractivity contribution >= 4 is 11.9 Å². The van der Waals surface area contributed by atoms with Crippen LogP contribution in [0.1, 0.15) is 194 Å². The maximum Gasteiger partial charge on any atom is 0.306 e. The number of carbonyl (C=O) groups is 2. The molecule has 0 fully saturated rings. The highest BCUT2D eigenvalue weighted by Gasteiger charge is 2.12. The molecule has 0 amide bonds. The Morgan fingerprint density at radius 3 is 1.38 bits per heavy atom. The standard InChI is InChI=1S/C41H72O4/c1-3-5-6-7-8-9-10-11-12-13-14-15-16-17-18-19-23-26-29-32-35-38-41(44)45-39(4-2)36-33-30-27-24-21-20-22-25-28-31-34-37-40(42)43/h8-9,11-12,14-15,17-18,39H,3-7,10,13,16,19-38H2,1-2H3,(H,42,43)/b9-8-,12-11-,15-14-,18-17-. The summed E-state index contributed by atoms with van der Waals surface area (Å²) in [6.07, 6.45) is 49.3. The molecule has 0 aliphatic rings. The van der Waals surface area contributed by atoms with Gasteiger partial charge >= 0.3 is 11.9 Å². The van der Waals surface area contributed by atoms with Crippen LogP contribution in [0.25, 0.3) is 0 Å². The average Bonchev–Trinajstić information content (AvgIpc) is 3.03. The molecule has 1 N–H and O–H groups in total. The van der Waals surface area contributed by atoms with Crippen LogP contribution in [-0.2, 0) is 14.3 Å². The molecule has 1 unspecified atom stereocenters. The van der Waals surface area contributed by atoms with Gasteiger partial charge in [0.05, 0.1) is 0 Å². The second-order valence-corrected chi connectivity index (χ2v) is 12.7. The van der Waals surface area contributed by atoms with Gasteiger partial charge < -0.3 is 9.84 Å². The number of hydrogen-bond donors (Lipinski definition) is 1. The molecule has 0 aromatic rings. The highest BCUT2D eigenvalue weighted by Crippen LogP contribution is 2.16. The van der Waals surface area contributed by atoms with Crippen LogP contribution in [0, 0.1) is 0 Å². The monoisotopic (exact) mass is 629 g/mol. The smallest absolute Gasteiger partial charge is 0.306 e. The fourth-order valence-electron chi connectivity index (χ4n) is 5.45. The molecule has 0 aromatic carbocycles. The van der Waals surface area contributed by atoms with Crippen molar-refractivity contribution in [3.8, 4) is 0 Å². The van der Waals surface area contributed by atoms with E-state index < -0.39 is 5.97 Å². The Morgan fingerprint density at radius 1 is 0.511 bits per heavy atom. The van der Waals surface area contributed by atoms with Gasteiger partial charge in [-0.15, -0.1) is 0 Å². The van der Waals surface area contributed by atoms with Crippen molar-refractivity contribution in [2.75, 3.05) is 0 Å². The zero-order valence-electron chi connectivity index (χ0n) is 29.7. The molecule has 0 radical (unpaired) electrons. The van der Waals surface area contributed by atoms with Crippen molar-refractivity contribution in [3.05, 3.63) is 48.6 Å². The van der Waals surface area contributed by atoms with Crippen LogP contribution in [0.3, 0.4) is 0 Å². The predicted octanol–water partition coefficient (Wildman–Crippen LogP) is 13.2. The zero-order valence-corrected chi connectivity index (χ0v) is 29.7. The molecule has 4 heteroatoms. The molecule has 45 heavy (non-hydrogen) atoms. The van der Waals surface area contributed by atoms with E-state index in [0.29, 0.717) is 12.8 Å². The van der Waals surface area contributed by atoms with Crippen LogP contribution in [-0.4, -0.2) is 23.1 Å². The number of allylic oxidation sites excluding steroid dienone is 8. The van der Waals surface area contributed by atoms with Crippen LogP contribution in [0.4, 0.5) is 0 Å². The number of unbranched alkanes of at least 4 members (excludes halogenated alkanes) is 18. The minimum atomic E-state index is -0.676. The van der Waals surface area contributed by atoms with Crippen LogP contribution in [0.5, 0.6) is 0 Å². The van der Waals surface area contributed by atoms with Gasteiger partial charge in [0.2, 0.25) is 0 Å². The van der Waals surface area contributed by atoms with Crippen LogP contribution in [0.2, 0.25) is 0 Å². The number of carboxylic acid groups (broad SMARTS) is 1. The molecular weight excluding hydrogens is 556 g/mol. The second-order valence-electron chi connectivity index (χ2n) is 12.7. The maximum atomic E-state index is 12.3. The molecule has 260 valence electrons. The number of aliphatic carboxylic acids is 1. The first-order valence-electron chi connectivity index (χ1n) is 19.1. The Kier molecular flexibility index (Phi) is 34.7. The molecule has 0 aliphatic heterocycles. The normalized spacial score (nSPS) is 12.8. The summed E-state index contributed by atoms with van der Waals surface area (Å²) < 4.78 is 5.76. The Balaban J connectivity index is 3.53. The molecular formula is C41H72O4. The van der Waals surface area contributed by atoms with E-state index in [-0.39, 0.29) is 12.1 Å². The van der Waals surface area contributed by atoms with Gasteiger partial charge in [-0.2, -0.15) is 0 Å². The summed E-state index contributed by atoms with van der Waals surface area (Å²) in [6, 6.07) is 0. The molecule has 1 atom stereocenters. The van der Waals surface area contributed by atoms with Gasteiger partial charge in [-0.1, -0.05) is 152 Å². The minimum absolute atomic E-state index is 0.00840. The first-order valence-corrected chi connectivity index (χ1v) is 19.1. The Labute approximate surface area is 279 Å². The Hall–Kier alpha value is -2.10. The zero-order chi connectivity index (χ0) is 32.9. The third kappa shape index (κ3) is 36.2. The van der Waals surface area contributed by atoms with Gasteiger partial charge in [-0.25, -0.2) is 0 Å². The van der Waals surface area contributed by atoms with Crippen molar-refractivity contribution in [3.63, 3.8) is 0 Å². The van der Waals surface area contributed by atoms with Gasteiger partial charge in [-0.3, -0.25) is 9.59 Å². The number of carbonyl (C=O) groups excluding carboxylic acids is 1. The molecule has 0 saturated carbocycles. The molecule has 0 aromatic heterocycles. The number of rotatable bonds is 34. The van der Waals surface area contributed by atoms with Gasteiger partial charge in [0.25, 0.3) is 0 Å². The average molecular weight is 629 g/mol. The van der Waals surface area contributed by atoms with E-state index in [1.807, 2.05) is 0 Å². The molecule has 0 saturated heterocycles. The molecule has 4 nitrogen and oxygen atoms in total. The van der Waals surface area contributed by atoms with E-state index in [1.54, 1.807) is 0 Å². The summed E-state index contributed by atoms with van der Waals surface area (Å²) >= 11 is 0. The molecule has 0 heterocycles. The van der Waals surface area contributed by atoms with E-state index >= 15 is 0 Å². The van der Waals surface area contributed by atoms with Crippen LogP contribution in [0.15, 0.2) is 48.6 Å². The number of hydrogen-bond acceptors (Lipinski definition) is 3. The second kappa shape index (κ2) is 36.4. The van der Waals surface area contributed by atoms with Crippen LogP contribution < -0.4 is 0 Å². The number of ether oxygens (including phenoxy) is 1. The SMILES string of the molecule is CCCCC/C=C\C/C=C\C/C=C\C/C=C\CCCCCCCC(=O)OC(CC)CCCCCCCCCCCCCC(=O)O. The summed E-state index contributed by atoms with van der Waals surface area (Å²) in [7, 11) is 0. The van der Waals surface area contributed by atoms with E-state index in [9.17, 15) is 9.59 Å². The molecule has 0 rings (SSSR count). The van der Waals surface area contributed by atoms with E-state index in [4.69, 9.17) is 9.84 Å². The van der Waals surface area contributed by atoms with Crippen molar-refractivity contribution in [1.82, 2.24) is 0 Å². The van der Waals surface area contributed by atoms with E-state index in [0.717, 1.165) is 77.0 Å². The van der Waals surface area contributed by atoms with Crippen molar-refractivity contribution in [2.45, 2.75) is 200 Å². The molecule has 0 bridgehead atoms. The summed E-state index contributed by atoms with van der Waals surface area (Å²) in [5, 5.41) is 8.65. The Morgan fingerprint density at radius 2 is 0.911 bits per heavy atom. The lowest BCUT2D eigenvalue weighted by Crippen LogP contribution is -2.17. The summed E-state index contributed by atoms with van der Waals surface area (Å²) in [4.78, 5) is 22.8. The number of esters is 1. The summed E-state index contributed by atoms with van der Waals surface area (Å²) in [5.74, 6) is -0.685. The Bertz CT molecular complexity index is 763. The lowest BCUT2D eigenvalue weighted by molar-refractivity contribution is -0.149. The van der Waals surface area contributed by atoms with Gasteiger partial charge in [0.15, 0.2) is 0 Å². The predicted molar refractivity (Wildman–Crippen MR) is 195 cm³/mol. The van der Waals surface area contributed by atoms with Gasteiger partial charge in [0, 0.05) is 12.8 Å². The first kappa shape index (κ1) is 42.9. The third-order valence-electron chi connectivity index (χ3n) is 8.38. The van der Waals surface area contributed by atoms with Crippen molar-refractivity contribution in [2.24, 2.45) is 0 Å². The minimum Gasteiger partial charge on any atom is -0.481 e. The first-order chi connectivity index (χ1) is 22.1. The summed E-state index contributed by atoms with van der Waals surface area (Å²) in [6.45, 7) is 4.37. The van der Waals surface area contributed by atoms with Crippen molar-refractivity contribution < 1.29 is 19.4 Å². The topological polar surface area (TPSA) is 63.6 Å². The largest absolute Gasteiger partial charge is 0.481 e. The highest BCUT2D eigenvalue weighted by molar-refractivity contribution is 5.69. The van der Waals surface area contributed by atoms with E-state index in [1.165, 1.54) is 89.9 Å². The maximum absolute atomic E-state index is 12.3. The van der Waals surface area contributed by atoms with Crippen molar-refractivity contribution in [1.29, 1.82) is 0 Å². The summed E-state index contributed by atoms with van der Waals surface area (Å²) in [5.41, 5.74) is 0. The van der Waals surface area contributed by atoms with E-state index in [2.05, 4.69) is 62.5 Å². The van der Waals surface area contributed by atoms with Gasteiger partial charge in [0.1, 0.15) is 6.10 Å². The third-order valence-corrected chi connectivity index (χ3v) is 8.38. The number of carboxylic acids is 1. The quantitative estimate of drug-likeness (QED) is 0.0437. The lowest BCUT2D eigenvalue weighted by Gasteiger charge is -2.16. The molecule has 0 spiro atoms. The van der Waals surface area contributed by atoms with Crippen LogP contribution >= 0.6 is 0 Å². The fourth-order valence-corrected chi connectivity index (χ4v) is 5.45. The highest BCUT2D eigenvalue weighted by atomic mass is 16.5. The lowest BCUT2D eigenvalue weighted by atomic mass is 10.0. The van der Waals surface area contributed by atoms with Gasteiger partial charge in [-0.05, 0) is 77.0 Å². The fraction of sp³-hybridized carbons (Fsp3) is 0.756.